The molecular formula is C22H28ClN3O4. The Morgan fingerprint density at radius 1 is 1.17 bits per heavy atom. The average Bonchev–Trinajstić information content (AvgIpc) is 3.19. The highest BCUT2D eigenvalue weighted by Crippen LogP contribution is 2.21. The predicted octanol–water partition coefficient (Wildman–Crippen LogP) is 3.07. The highest BCUT2D eigenvalue weighted by atomic mass is 35.5. The van der Waals surface area contributed by atoms with E-state index in [0.717, 1.165) is 18.8 Å². The van der Waals surface area contributed by atoms with Crippen molar-refractivity contribution in [2.45, 2.75) is 13.3 Å². The molecule has 0 unspecified atom stereocenters. The zero-order chi connectivity index (χ0) is 21.5. The smallest absolute Gasteiger partial charge is 0.257 e. The van der Waals surface area contributed by atoms with Crippen molar-refractivity contribution >= 4 is 29.1 Å². The molecule has 2 aromatic rings. The number of rotatable bonds is 8. The maximum Gasteiger partial charge on any atom is 0.257 e. The van der Waals surface area contributed by atoms with Gasteiger partial charge in [0.25, 0.3) is 5.91 Å². The number of carbonyl (C=O) groups excluding carboxylic acids is 2. The Morgan fingerprint density at radius 3 is 2.57 bits per heavy atom. The summed E-state index contributed by atoms with van der Waals surface area (Å²) < 4.78 is 10.4. The van der Waals surface area contributed by atoms with Crippen molar-refractivity contribution < 1.29 is 18.7 Å². The number of carbonyl (C=O) groups is 2. The van der Waals surface area contributed by atoms with E-state index in [1.165, 1.54) is 6.26 Å². The van der Waals surface area contributed by atoms with E-state index in [2.05, 4.69) is 4.90 Å². The first-order chi connectivity index (χ1) is 14.5. The maximum absolute atomic E-state index is 12.8. The number of nitrogens with zero attached hydrogens (tertiary/aromatic N) is 3. The van der Waals surface area contributed by atoms with E-state index < -0.39 is 0 Å². The molecule has 0 radical (unpaired) electrons. The molecule has 1 aromatic heterocycles. The number of hydrogen-bond donors (Lipinski definition) is 0. The highest BCUT2D eigenvalue weighted by molar-refractivity contribution is 6.30. The summed E-state index contributed by atoms with van der Waals surface area (Å²) in [6.07, 6.45) is 1.78. The highest BCUT2D eigenvalue weighted by Gasteiger charge is 2.24. The van der Waals surface area contributed by atoms with Crippen molar-refractivity contribution in [1.29, 1.82) is 0 Å². The summed E-state index contributed by atoms with van der Waals surface area (Å²) in [6.45, 7) is 5.76. The zero-order valence-corrected chi connectivity index (χ0v) is 18.2. The summed E-state index contributed by atoms with van der Waals surface area (Å²) in [4.78, 5) is 31.3. The van der Waals surface area contributed by atoms with Gasteiger partial charge in [-0.1, -0.05) is 17.7 Å². The van der Waals surface area contributed by atoms with Crippen molar-refractivity contribution in [3.8, 4) is 0 Å². The number of aryl methyl sites for hydroxylation is 1. The monoisotopic (exact) mass is 433 g/mol. The summed E-state index contributed by atoms with van der Waals surface area (Å²) >= 11 is 6.08. The lowest BCUT2D eigenvalue weighted by atomic mass is 10.2. The van der Waals surface area contributed by atoms with Crippen LogP contribution in [-0.4, -0.2) is 74.6 Å². The van der Waals surface area contributed by atoms with Gasteiger partial charge in [0.1, 0.15) is 5.76 Å². The summed E-state index contributed by atoms with van der Waals surface area (Å²) in [5.41, 5.74) is 1.59. The van der Waals surface area contributed by atoms with Crippen LogP contribution in [0.3, 0.4) is 0 Å². The summed E-state index contributed by atoms with van der Waals surface area (Å²) in [5, 5.41) is 0.708. The second-order valence-corrected chi connectivity index (χ2v) is 7.71. The second kappa shape index (κ2) is 10.5. The average molecular weight is 434 g/mol. The van der Waals surface area contributed by atoms with Gasteiger partial charge in [-0.05, 0) is 31.2 Å². The third-order valence-corrected chi connectivity index (χ3v) is 5.58. The molecule has 0 spiro atoms. The Bertz CT molecular complexity index is 862. The number of methoxy groups -OCH3 is 1. The molecule has 3 rings (SSSR count). The summed E-state index contributed by atoms with van der Waals surface area (Å²) in [5.74, 6) is 0.489. The van der Waals surface area contributed by atoms with Crippen LogP contribution in [0.5, 0.6) is 0 Å². The van der Waals surface area contributed by atoms with Crippen molar-refractivity contribution in [3.05, 3.63) is 52.9 Å². The topological polar surface area (TPSA) is 66.2 Å². The second-order valence-electron chi connectivity index (χ2n) is 7.27. The molecule has 0 atom stereocenters. The zero-order valence-electron chi connectivity index (χ0n) is 17.5. The van der Waals surface area contributed by atoms with Gasteiger partial charge in [0, 0.05) is 63.5 Å². The van der Waals surface area contributed by atoms with Crippen LogP contribution in [0.25, 0.3) is 0 Å². The molecule has 8 heteroatoms. The third kappa shape index (κ3) is 5.55. The van der Waals surface area contributed by atoms with Crippen LogP contribution in [-0.2, 0) is 9.53 Å². The number of amides is 2. The number of ether oxygens (including phenoxy) is 1. The number of anilines is 1. The number of furan rings is 1. The van der Waals surface area contributed by atoms with Crippen LogP contribution in [0.15, 0.2) is 41.0 Å². The third-order valence-electron chi connectivity index (χ3n) is 5.34. The molecule has 0 aliphatic carbocycles. The molecule has 7 nitrogen and oxygen atoms in total. The molecule has 1 saturated heterocycles. The van der Waals surface area contributed by atoms with Gasteiger partial charge >= 0.3 is 0 Å². The van der Waals surface area contributed by atoms with Gasteiger partial charge < -0.3 is 23.9 Å². The number of benzene rings is 1. The minimum absolute atomic E-state index is 0.0554. The minimum atomic E-state index is -0.142. The molecular weight excluding hydrogens is 406 g/mol. The largest absolute Gasteiger partial charge is 0.469 e. The van der Waals surface area contributed by atoms with Crippen molar-refractivity contribution in [1.82, 2.24) is 9.80 Å². The normalized spacial score (nSPS) is 14.1. The van der Waals surface area contributed by atoms with Crippen molar-refractivity contribution in [2.24, 2.45) is 0 Å². The molecule has 2 heterocycles. The molecule has 0 N–H and O–H groups in total. The van der Waals surface area contributed by atoms with E-state index in [4.69, 9.17) is 20.8 Å². The molecule has 162 valence electrons. The van der Waals surface area contributed by atoms with Crippen LogP contribution >= 0.6 is 11.6 Å². The van der Waals surface area contributed by atoms with Crippen LogP contribution in [0, 0.1) is 6.92 Å². The van der Waals surface area contributed by atoms with Crippen molar-refractivity contribution in [3.63, 3.8) is 0 Å². The SMILES string of the molecule is COCCN(CCC(=O)N1CCN(c2cccc(Cl)c2)CC1)C(=O)c1ccoc1C. The van der Waals surface area contributed by atoms with Crippen LogP contribution in [0.1, 0.15) is 22.5 Å². The molecule has 30 heavy (non-hydrogen) atoms. The lowest BCUT2D eigenvalue weighted by Crippen LogP contribution is -2.49. The van der Waals surface area contributed by atoms with Gasteiger partial charge in [-0.3, -0.25) is 9.59 Å². The first kappa shape index (κ1) is 22.2. The lowest BCUT2D eigenvalue weighted by Gasteiger charge is -2.36. The van der Waals surface area contributed by atoms with Gasteiger partial charge in [-0.2, -0.15) is 0 Å². The quantitative estimate of drug-likeness (QED) is 0.640. The first-order valence-electron chi connectivity index (χ1n) is 10.1. The molecule has 0 saturated carbocycles. The Morgan fingerprint density at radius 2 is 1.93 bits per heavy atom. The van der Waals surface area contributed by atoms with Gasteiger partial charge in [-0.15, -0.1) is 0 Å². The van der Waals surface area contributed by atoms with Crippen molar-refractivity contribution in [2.75, 3.05) is 57.9 Å². The number of piperazine rings is 1. The summed E-state index contributed by atoms with van der Waals surface area (Å²) in [6, 6.07) is 9.42. The Hall–Kier alpha value is -2.51. The van der Waals surface area contributed by atoms with E-state index >= 15 is 0 Å². The molecule has 0 bridgehead atoms. The van der Waals surface area contributed by atoms with E-state index in [-0.39, 0.29) is 18.2 Å². The molecule has 1 aromatic carbocycles. The standard InChI is InChI=1S/C22H28ClN3O4/c1-17-20(7-14-30-17)22(28)26(13-15-29-2)8-6-21(27)25-11-9-24(10-12-25)19-5-3-4-18(23)16-19/h3-5,7,14,16H,6,8-13,15H2,1-2H3. The fraction of sp³-hybridized carbons (Fsp3) is 0.455. The fourth-order valence-corrected chi connectivity index (χ4v) is 3.75. The van der Waals surface area contributed by atoms with E-state index in [0.29, 0.717) is 49.1 Å². The van der Waals surface area contributed by atoms with Gasteiger partial charge in [0.05, 0.1) is 18.4 Å². The minimum Gasteiger partial charge on any atom is -0.469 e. The number of halogens is 1. The molecule has 1 aliphatic rings. The Labute approximate surface area is 182 Å². The van der Waals surface area contributed by atoms with E-state index in [1.54, 1.807) is 25.0 Å². The fourth-order valence-electron chi connectivity index (χ4n) is 3.57. The van der Waals surface area contributed by atoms with Gasteiger partial charge in [-0.25, -0.2) is 0 Å². The summed E-state index contributed by atoms with van der Waals surface area (Å²) in [7, 11) is 1.59. The maximum atomic E-state index is 12.8. The number of hydrogen-bond acceptors (Lipinski definition) is 5. The Kier molecular flexibility index (Phi) is 7.76. The molecule has 1 aliphatic heterocycles. The first-order valence-corrected chi connectivity index (χ1v) is 10.5. The van der Waals surface area contributed by atoms with E-state index in [9.17, 15) is 9.59 Å². The van der Waals surface area contributed by atoms with Crippen LogP contribution in [0.4, 0.5) is 5.69 Å². The predicted molar refractivity (Wildman–Crippen MR) is 116 cm³/mol. The molecule has 1 fully saturated rings. The van der Waals surface area contributed by atoms with Crippen LogP contribution < -0.4 is 4.90 Å². The van der Waals surface area contributed by atoms with E-state index in [1.807, 2.05) is 29.2 Å². The van der Waals surface area contributed by atoms with Gasteiger partial charge in [0.15, 0.2) is 0 Å². The molecule has 2 amide bonds. The van der Waals surface area contributed by atoms with Crippen LogP contribution in [0.2, 0.25) is 5.02 Å². The Balaban J connectivity index is 1.53. The van der Waals surface area contributed by atoms with Gasteiger partial charge in [0.2, 0.25) is 5.91 Å². The lowest BCUT2D eigenvalue weighted by molar-refractivity contribution is -0.131.